The first-order valence-electron chi connectivity index (χ1n) is 10.4. The molecule has 0 fully saturated rings. The summed E-state index contributed by atoms with van der Waals surface area (Å²) in [7, 11) is 0. The molecule has 0 aliphatic rings. The predicted octanol–water partition coefficient (Wildman–Crippen LogP) is 7.05. The Morgan fingerprint density at radius 1 is 0.545 bits per heavy atom. The van der Waals surface area contributed by atoms with Crippen LogP contribution in [-0.4, -0.2) is 18.8 Å². The highest BCUT2D eigenvalue weighted by Gasteiger charge is 2.13. The fourth-order valence-corrected chi connectivity index (χ4v) is 5.24. The van der Waals surface area contributed by atoms with E-state index in [9.17, 15) is 0 Å². The number of pyridine rings is 2. The number of fused-ring (bicyclic) bond motifs is 2. The number of hydrogen-bond donors (Lipinski definition) is 0. The quantitative estimate of drug-likeness (QED) is 0.246. The first kappa shape index (κ1) is 20.1. The van der Waals surface area contributed by atoms with Gasteiger partial charge in [-0.1, -0.05) is 48.5 Å². The van der Waals surface area contributed by atoms with Gasteiger partial charge >= 0.3 is 0 Å². The third kappa shape index (κ3) is 4.02. The van der Waals surface area contributed by atoms with Gasteiger partial charge in [-0.15, -0.1) is 0 Å². The van der Waals surface area contributed by atoms with Crippen LogP contribution < -0.4 is 0 Å². The van der Waals surface area contributed by atoms with Crippen molar-refractivity contribution in [1.29, 1.82) is 0 Å². The number of nitrogens with zero attached hydrogens (tertiary/aromatic N) is 4. The minimum atomic E-state index is 0.919. The van der Waals surface area contributed by atoms with Gasteiger partial charge in [0.15, 0.2) is 0 Å². The van der Waals surface area contributed by atoms with Crippen molar-refractivity contribution in [3.05, 3.63) is 110 Å². The Labute approximate surface area is 199 Å². The lowest BCUT2D eigenvalue weighted by atomic mass is 10.2. The van der Waals surface area contributed by atoms with Crippen molar-refractivity contribution in [2.24, 2.45) is 0 Å². The molecule has 0 N–H and O–H groups in total. The van der Waals surface area contributed by atoms with Gasteiger partial charge in [0, 0.05) is 69.8 Å². The fourth-order valence-electron chi connectivity index (χ4n) is 3.72. The molecule has 0 saturated heterocycles. The second-order valence-corrected chi connectivity index (χ2v) is 9.17. The maximum Gasteiger partial charge on any atom is 0.137 e. The van der Waals surface area contributed by atoms with Crippen molar-refractivity contribution in [1.82, 2.24) is 18.8 Å². The first-order chi connectivity index (χ1) is 16.3. The van der Waals surface area contributed by atoms with Gasteiger partial charge in [-0.2, -0.15) is 0 Å². The van der Waals surface area contributed by atoms with Crippen molar-refractivity contribution in [3.63, 3.8) is 0 Å². The van der Waals surface area contributed by atoms with E-state index in [0.29, 0.717) is 0 Å². The van der Waals surface area contributed by atoms with Gasteiger partial charge in [0.1, 0.15) is 11.3 Å². The van der Waals surface area contributed by atoms with Gasteiger partial charge in [-0.25, -0.2) is 13.6 Å². The highest BCUT2D eigenvalue weighted by Crippen LogP contribution is 2.38. The number of hydrogen-bond acceptors (Lipinski definition) is 5. The molecule has 4 aromatic heterocycles. The topological polar surface area (TPSA) is 43.8 Å². The van der Waals surface area contributed by atoms with Crippen LogP contribution in [0.2, 0.25) is 0 Å². The maximum absolute atomic E-state index is 6.04. The smallest absolute Gasteiger partial charge is 0.137 e. The lowest BCUT2D eigenvalue weighted by molar-refractivity contribution is 0.757. The molecule has 0 saturated carbocycles. The number of rotatable bonds is 6. The molecule has 5 nitrogen and oxygen atoms in total. The summed E-state index contributed by atoms with van der Waals surface area (Å²) in [6.07, 6.45) is 8.09. The molecule has 33 heavy (non-hydrogen) atoms. The Bertz CT molecular complexity index is 1390. The molecule has 0 radical (unpaired) electrons. The van der Waals surface area contributed by atoms with E-state index in [-0.39, 0.29) is 0 Å². The number of aromatic nitrogens is 4. The highest BCUT2D eigenvalue weighted by atomic mass is 32.2. The fraction of sp³-hybridized carbons (Fsp3) is 0. The summed E-state index contributed by atoms with van der Waals surface area (Å²) in [5, 5.41) is 0. The zero-order chi connectivity index (χ0) is 22.0. The van der Waals surface area contributed by atoms with Crippen molar-refractivity contribution in [2.75, 3.05) is 0 Å². The van der Waals surface area contributed by atoms with E-state index < -0.39 is 0 Å². The summed E-state index contributed by atoms with van der Waals surface area (Å²) in [5.41, 5.74) is 5.76. The zero-order valence-electron chi connectivity index (χ0n) is 17.4. The third-order valence-corrected chi connectivity index (χ3v) is 6.92. The van der Waals surface area contributed by atoms with E-state index >= 15 is 0 Å². The maximum atomic E-state index is 6.04. The van der Waals surface area contributed by atoms with E-state index in [1.807, 2.05) is 94.3 Å². The average Bonchev–Trinajstić information content (AvgIpc) is 3.49. The third-order valence-electron chi connectivity index (χ3n) is 5.30. The summed E-state index contributed by atoms with van der Waals surface area (Å²) in [6.45, 7) is 0. The molecular formula is C26H18N4OS2. The molecule has 0 bridgehead atoms. The Morgan fingerprint density at radius 2 is 1.00 bits per heavy atom. The number of imidazole rings is 2. The van der Waals surface area contributed by atoms with Crippen molar-refractivity contribution < 1.29 is 3.63 Å². The highest BCUT2D eigenvalue weighted by molar-refractivity contribution is 8.08. The van der Waals surface area contributed by atoms with Crippen LogP contribution >= 0.6 is 24.1 Å². The van der Waals surface area contributed by atoms with E-state index in [2.05, 4.69) is 24.3 Å². The molecule has 0 aliphatic heterocycles. The SMILES string of the molecule is c1ccc(-c2cn3ccccc3n2)c(SOSc2ccccc2-c2cn3ccccc3n2)c1. The lowest BCUT2D eigenvalue weighted by Gasteiger charge is -2.08. The van der Waals surface area contributed by atoms with Gasteiger partial charge in [0.25, 0.3) is 0 Å². The molecular weight excluding hydrogens is 448 g/mol. The summed E-state index contributed by atoms with van der Waals surface area (Å²) in [5.74, 6) is 0. The van der Waals surface area contributed by atoms with Crippen LogP contribution in [0.5, 0.6) is 0 Å². The van der Waals surface area contributed by atoms with E-state index in [4.69, 9.17) is 13.6 Å². The summed E-state index contributed by atoms with van der Waals surface area (Å²) in [6, 6.07) is 28.3. The van der Waals surface area contributed by atoms with Gasteiger partial charge in [0.2, 0.25) is 0 Å². The van der Waals surface area contributed by atoms with Crippen molar-refractivity contribution in [3.8, 4) is 22.5 Å². The van der Waals surface area contributed by atoms with Gasteiger partial charge in [-0.05, 0) is 36.4 Å². The molecule has 6 rings (SSSR count). The molecule has 0 aliphatic carbocycles. The second-order valence-electron chi connectivity index (χ2n) is 7.41. The largest absolute Gasteiger partial charge is 0.306 e. The van der Waals surface area contributed by atoms with Crippen LogP contribution in [0.3, 0.4) is 0 Å². The number of benzene rings is 2. The Balaban J connectivity index is 1.24. The monoisotopic (exact) mass is 466 g/mol. The predicted molar refractivity (Wildman–Crippen MR) is 134 cm³/mol. The molecule has 0 unspecified atom stereocenters. The van der Waals surface area contributed by atoms with Crippen LogP contribution in [0.25, 0.3) is 33.8 Å². The lowest BCUT2D eigenvalue weighted by Crippen LogP contribution is -1.84. The van der Waals surface area contributed by atoms with Crippen LogP contribution in [-0.2, 0) is 3.63 Å². The minimum Gasteiger partial charge on any atom is -0.306 e. The Kier molecular flexibility index (Phi) is 5.35. The standard InChI is InChI=1S/C26H18N4OS2/c1-3-11-23(19(9-1)21-17-29-15-7-5-13-25(29)27-21)32-31-33-24-12-4-2-10-20(24)22-18-30-16-8-6-14-26(30)28-22/h1-18H. The van der Waals surface area contributed by atoms with Gasteiger partial charge in [-0.3, -0.25) is 0 Å². The van der Waals surface area contributed by atoms with E-state index in [0.717, 1.165) is 43.6 Å². The molecule has 2 aromatic carbocycles. The summed E-state index contributed by atoms with van der Waals surface area (Å²) in [4.78, 5) is 11.5. The molecule has 7 heteroatoms. The van der Waals surface area contributed by atoms with Crippen LogP contribution in [0.4, 0.5) is 0 Å². The van der Waals surface area contributed by atoms with Gasteiger partial charge in [0.05, 0.1) is 11.4 Å². The van der Waals surface area contributed by atoms with Crippen LogP contribution in [0.1, 0.15) is 0 Å². The Hall–Kier alpha value is -3.52. The van der Waals surface area contributed by atoms with Crippen molar-refractivity contribution >= 4 is 35.4 Å². The molecule has 6 aromatic rings. The average molecular weight is 467 g/mol. The molecule has 4 heterocycles. The van der Waals surface area contributed by atoms with Crippen LogP contribution in [0, 0.1) is 0 Å². The van der Waals surface area contributed by atoms with E-state index in [1.54, 1.807) is 0 Å². The summed E-state index contributed by atoms with van der Waals surface area (Å²) >= 11 is 2.69. The van der Waals surface area contributed by atoms with E-state index in [1.165, 1.54) is 24.1 Å². The molecule has 160 valence electrons. The van der Waals surface area contributed by atoms with Crippen molar-refractivity contribution in [2.45, 2.75) is 9.79 Å². The Morgan fingerprint density at radius 3 is 1.48 bits per heavy atom. The van der Waals surface area contributed by atoms with Gasteiger partial charge < -0.3 is 8.80 Å². The zero-order valence-corrected chi connectivity index (χ0v) is 19.0. The summed E-state index contributed by atoms with van der Waals surface area (Å²) < 4.78 is 10.1. The second kappa shape index (κ2) is 8.78. The molecule has 0 atom stereocenters. The minimum absolute atomic E-state index is 0.919. The molecule has 0 spiro atoms. The van der Waals surface area contributed by atoms with Crippen LogP contribution in [0.15, 0.2) is 120 Å². The molecule has 0 amide bonds. The normalized spacial score (nSPS) is 11.4. The first-order valence-corrected chi connectivity index (χ1v) is 11.9.